The van der Waals surface area contributed by atoms with Crippen molar-refractivity contribution in [2.75, 3.05) is 10.6 Å². The maximum atomic E-state index is 13.7. The van der Waals surface area contributed by atoms with E-state index in [1.807, 2.05) is 48.5 Å². The molecule has 1 unspecified atom stereocenters. The monoisotopic (exact) mass is 594 g/mol. The molecule has 1 aliphatic rings. The highest BCUT2D eigenvalue weighted by atomic mass is 35.5. The number of amides is 1. The number of Topliss-reactive ketones (excluding diaryl/α,β-unsaturated/α-hetero) is 1. The number of carbonyl (C=O) groups excluding carboxylic acids is 2. The number of nitrogens with one attached hydrogen (secondary N) is 3. The highest BCUT2D eigenvalue weighted by Gasteiger charge is 2.31. The predicted octanol–water partition coefficient (Wildman–Crippen LogP) is 6.91. The molecule has 3 N–H and O–H groups in total. The van der Waals surface area contributed by atoms with Crippen LogP contribution in [0.4, 0.5) is 16.2 Å². The van der Waals surface area contributed by atoms with Crippen molar-refractivity contribution in [2.24, 2.45) is 4.99 Å². The van der Waals surface area contributed by atoms with Gasteiger partial charge in [-0.3, -0.25) is 14.9 Å². The molecule has 0 radical (unpaired) electrons. The predicted molar refractivity (Wildman–Crippen MR) is 163 cm³/mol. The number of pyridine rings is 1. The van der Waals surface area contributed by atoms with Crippen molar-refractivity contribution in [1.82, 2.24) is 15.3 Å². The van der Waals surface area contributed by atoms with Crippen LogP contribution < -0.4 is 16.0 Å². The topological polar surface area (TPSA) is 122 Å². The lowest BCUT2D eigenvalue weighted by Gasteiger charge is -2.27. The Balaban J connectivity index is 1.37. The number of carbonyl (C=O) groups is 2. The van der Waals surface area contributed by atoms with Crippen molar-refractivity contribution >= 4 is 52.2 Å². The van der Waals surface area contributed by atoms with E-state index in [1.54, 1.807) is 13.0 Å². The van der Waals surface area contributed by atoms with Crippen molar-refractivity contribution in [3.8, 4) is 11.1 Å². The molecule has 6 rings (SSSR count). The summed E-state index contributed by atoms with van der Waals surface area (Å²) in [5.74, 6) is -0.626. The first-order chi connectivity index (χ1) is 20.7. The number of allylic oxidation sites excluding steroid dienone is 1. The van der Waals surface area contributed by atoms with Crippen LogP contribution in [0.2, 0.25) is 5.02 Å². The van der Waals surface area contributed by atoms with Crippen molar-refractivity contribution < 1.29 is 18.4 Å². The summed E-state index contributed by atoms with van der Waals surface area (Å²) in [4.78, 5) is 38.9. The Labute approximate surface area is 250 Å². The second-order valence-electron chi connectivity index (χ2n) is 9.84. The third kappa shape index (κ3) is 5.86. The number of ketones is 1. The molecule has 11 heteroatoms. The number of rotatable bonds is 6. The molecule has 3 aromatic carbocycles. The Kier molecular flexibility index (Phi) is 7.43. The summed E-state index contributed by atoms with van der Waals surface area (Å²) in [6.45, 7) is 3.16. The molecule has 9 nitrogen and oxygen atoms in total. The van der Waals surface area contributed by atoms with Crippen molar-refractivity contribution in [2.45, 2.75) is 19.9 Å². The van der Waals surface area contributed by atoms with Gasteiger partial charge in [0, 0.05) is 34.1 Å². The van der Waals surface area contributed by atoms with E-state index in [1.165, 1.54) is 37.4 Å². The molecule has 1 amide bonds. The summed E-state index contributed by atoms with van der Waals surface area (Å²) in [6.07, 6.45) is 1.45. The molecule has 0 saturated heterocycles. The number of guanidine groups is 1. The summed E-state index contributed by atoms with van der Waals surface area (Å²) in [5, 5.41) is 9.26. The number of benzene rings is 3. The van der Waals surface area contributed by atoms with E-state index in [4.69, 9.17) is 21.0 Å². The van der Waals surface area contributed by atoms with Crippen LogP contribution in [-0.2, 0) is 4.79 Å². The standard InChI is InChI=1S/C32H24ClFN6O3/c1-17-28(30(42)38-27-15-20(18(2)41)12-13-35-27)29(23-10-8-21(14-24(23)33)19-6-4-3-5-7-19)39-31(36-17)40-32-37-25-11-9-22(34)16-26(25)43-32/h3-16,29H,1-2H3,(H,35,38,42)(H2,36,37,39,40). The maximum Gasteiger partial charge on any atom is 0.302 e. The molecule has 214 valence electrons. The fourth-order valence-electron chi connectivity index (χ4n) is 4.77. The highest BCUT2D eigenvalue weighted by molar-refractivity contribution is 6.32. The van der Waals surface area contributed by atoms with Gasteiger partial charge in [-0.25, -0.2) is 14.4 Å². The normalized spacial score (nSPS) is 14.7. The van der Waals surface area contributed by atoms with Gasteiger partial charge < -0.3 is 15.1 Å². The number of anilines is 2. The number of oxazole rings is 1. The molecule has 0 fully saturated rings. The molecule has 43 heavy (non-hydrogen) atoms. The van der Waals surface area contributed by atoms with Gasteiger partial charge in [0.15, 0.2) is 11.4 Å². The Morgan fingerprint density at radius 1 is 1.00 bits per heavy atom. The van der Waals surface area contributed by atoms with Crippen molar-refractivity contribution in [3.05, 3.63) is 118 Å². The lowest BCUT2D eigenvalue weighted by molar-refractivity contribution is -0.113. The quantitative estimate of drug-likeness (QED) is 0.183. The average molecular weight is 595 g/mol. The van der Waals surface area contributed by atoms with Gasteiger partial charge in [0.05, 0.1) is 5.57 Å². The van der Waals surface area contributed by atoms with Crippen LogP contribution in [0.3, 0.4) is 0 Å². The summed E-state index contributed by atoms with van der Waals surface area (Å²) in [7, 11) is 0. The molecule has 1 atom stereocenters. The van der Waals surface area contributed by atoms with Crippen LogP contribution >= 0.6 is 11.6 Å². The van der Waals surface area contributed by atoms with Crippen LogP contribution in [0.25, 0.3) is 22.2 Å². The molecule has 0 saturated carbocycles. The van der Waals surface area contributed by atoms with Gasteiger partial charge in [-0.2, -0.15) is 4.98 Å². The van der Waals surface area contributed by atoms with Crippen LogP contribution in [-0.4, -0.2) is 27.6 Å². The van der Waals surface area contributed by atoms with E-state index in [-0.39, 0.29) is 34.7 Å². The number of hydrogen-bond acceptors (Lipinski definition) is 8. The van der Waals surface area contributed by atoms with E-state index in [9.17, 15) is 14.0 Å². The summed E-state index contributed by atoms with van der Waals surface area (Å²) >= 11 is 6.84. The third-order valence-electron chi connectivity index (χ3n) is 6.87. The molecule has 0 bridgehead atoms. The number of fused-ring (bicyclic) bond motifs is 1. The minimum atomic E-state index is -0.848. The van der Waals surface area contributed by atoms with Crippen LogP contribution in [0.15, 0.2) is 106 Å². The van der Waals surface area contributed by atoms with Crippen LogP contribution in [0.5, 0.6) is 0 Å². The fraction of sp³-hybridized carbons (Fsp3) is 0.0938. The molecule has 0 aliphatic carbocycles. The Morgan fingerprint density at radius 2 is 1.81 bits per heavy atom. The van der Waals surface area contributed by atoms with Gasteiger partial charge in [-0.1, -0.05) is 54.1 Å². The van der Waals surface area contributed by atoms with Gasteiger partial charge >= 0.3 is 6.01 Å². The van der Waals surface area contributed by atoms with E-state index in [2.05, 4.69) is 25.9 Å². The van der Waals surface area contributed by atoms with Crippen LogP contribution in [0, 0.1) is 5.82 Å². The lowest BCUT2D eigenvalue weighted by Crippen LogP contribution is -2.37. The Morgan fingerprint density at radius 3 is 2.58 bits per heavy atom. The summed E-state index contributed by atoms with van der Waals surface area (Å²) in [6, 6.07) is 21.7. The highest BCUT2D eigenvalue weighted by Crippen LogP contribution is 2.37. The Hall–Kier alpha value is -5.35. The van der Waals surface area contributed by atoms with E-state index in [0.717, 1.165) is 11.1 Å². The zero-order valence-corrected chi connectivity index (χ0v) is 23.7. The number of nitrogens with zero attached hydrogens (tertiary/aromatic N) is 3. The second kappa shape index (κ2) is 11.5. The fourth-order valence-corrected chi connectivity index (χ4v) is 5.06. The van der Waals surface area contributed by atoms with Gasteiger partial charge in [0.25, 0.3) is 5.91 Å². The van der Waals surface area contributed by atoms with E-state index < -0.39 is 17.8 Å². The summed E-state index contributed by atoms with van der Waals surface area (Å²) in [5.41, 5.74) is 4.38. The average Bonchev–Trinajstić information content (AvgIpc) is 3.38. The third-order valence-corrected chi connectivity index (χ3v) is 7.20. The van der Waals surface area contributed by atoms with Gasteiger partial charge in [0.2, 0.25) is 5.96 Å². The molecule has 3 heterocycles. The smallest absolute Gasteiger partial charge is 0.302 e. The Bertz CT molecular complexity index is 1950. The van der Waals surface area contributed by atoms with Crippen molar-refractivity contribution in [3.63, 3.8) is 0 Å². The zero-order valence-electron chi connectivity index (χ0n) is 23.0. The number of aromatic nitrogens is 2. The molecular formula is C32H24ClFN6O3. The van der Waals surface area contributed by atoms with Gasteiger partial charge in [0.1, 0.15) is 23.2 Å². The molecule has 1 aliphatic heterocycles. The number of aliphatic imine (C=N–C) groups is 1. The zero-order chi connectivity index (χ0) is 30.1. The second-order valence-corrected chi connectivity index (χ2v) is 10.2. The molecule has 2 aromatic heterocycles. The van der Waals surface area contributed by atoms with E-state index in [0.29, 0.717) is 27.4 Å². The largest absolute Gasteiger partial charge is 0.423 e. The first-order valence-electron chi connectivity index (χ1n) is 13.3. The minimum absolute atomic E-state index is 0.0853. The minimum Gasteiger partial charge on any atom is -0.423 e. The van der Waals surface area contributed by atoms with E-state index >= 15 is 0 Å². The molecule has 0 spiro atoms. The van der Waals surface area contributed by atoms with Gasteiger partial charge in [-0.15, -0.1) is 0 Å². The van der Waals surface area contributed by atoms with Gasteiger partial charge in [-0.05, 0) is 55.3 Å². The summed E-state index contributed by atoms with van der Waals surface area (Å²) < 4.78 is 19.3. The number of halogens is 2. The molecule has 5 aromatic rings. The maximum absolute atomic E-state index is 13.7. The molecular weight excluding hydrogens is 571 g/mol. The lowest BCUT2D eigenvalue weighted by atomic mass is 9.93. The first kappa shape index (κ1) is 27.8. The van der Waals surface area contributed by atoms with Crippen molar-refractivity contribution in [1.29, 1.82) is 0 Å². The first-order valence-corrected chi connectivity index (χ1v) is 13.6. The SMILES string of the molecule is CC(=O)c1ccnc(NC(=O)C2=C(C)NC(Nc3nc4ccc(F)cc4o3)=NC2c2ccc(-c3ccccc3)cc2Cl)c1. The number of hydrogen-bond donors (Lipinski definition) is 3. The van der Waals surface area contributed by atoms with Crippen LogP contribution in [0.1, 0.15) is 35.8 Å².